The molecule has 126 valence electrons. The van der Waals surface area contributed by atoms with Gasteiger partial charge < -0.3 is 4.98 Å². The maximum Gasteiger partial charge on any atom is 0.178 e. The van der Waals surface area contributed by atoms with Crippen LogP contribution >= 0.6 is 23.1 Å². The van der Waals surface area contributed by atoms with Crippen LogP contribution in [0.1, 0.15) is 42.6 Å². The van der Waals surface area contributed by atoms with Crippen LogP contribution in [0, 0.1) is 5.92 Å². The van der Waals surface area contributed by atoms with Crippen LogP contribution in [0.5, 0.6) is 0 Å². The lowest BCUT2D eigenvalue weighted by Crippen LogP contribution is -2.12. The molecule has 0 aliphatic rings. The van der Waals surface area contributed by atoms with E-state index in [1.807, 2.05) is 31.2 Å². The van der Waals surface area contributed by atoms with Crippen LogP contribution in [0.4, 0.5) is 0 Å². The molecule has 0 aliphatic carbocycles. The fraction of sp³-hybridized carbons (Fsp3) is 0.389. The monoisotopic (exact) mass is 359 g/mol. The molecule has 0 radical (unpaired) electrons. The van der Waals surface area contributed by atoms with Crippen molar-refractivity contribution in [3.8, 4) is 0 Å². The number of thioether (sulfide) groups is 1. The van der Waals surface area contributed by atoms with Crippen LogP contribution in [0.3, 0.4) is 0 Å². The van der Waals surface area contributed by atoms with E-state index in [0.29, 0.717) is 5.92 Å². The largest absolute Gasteiger partial charge is 0.360 e. The highest BCUT2D eigenvalue weighted by Crippen LogP contribution is 2.31. The zero-order valence-corrected chi connectivity index (χ0v) is 15.7. The first-order valence-electron chi connectivity index (χ1n) is 8.17. The summed E-state index contributed by atoms with van der Waals surface area (Å²) in [5.74, 6) is 0.734. The van der Waals surface area contributed by atoms with E-state index in [9.17, 15) is 4.79 Å². The lowest BCUT2D eigenvalue weighted by Gasteiger charge is -2.07. The number of carbonyl (C=O) groups excluding carboxylic acids is 1. The Labute approximate surface area is 150 Å². The third-order valence-corrected chi connectivity index (χ3v) is 6.30. The Hall–Kier alpha value is -1.66. The van der Waals surface area contributed by atoms with Gasteiger partial charge in [-0.25, -0.2) is 0 Å². The maximum absolute atomic E-state index is 12.8. The predicted octanol–water partition coefficient (Wildman–Crippen LogP) is 4.97. The molecule has 0 spiro atoms. The molecule has 24 heavy (non-hydrogen) atoms. The Bertz CT molecular complexity index is 840. The molecule has 6 heteroatoms. The molecule has 4 nitrogen and oxygen atoms in total. The van der Waals surface area contributed by atoms with E-state index in [1.165, 1.54) is 11.8 Å². The van der Waals surface area contributed by atoms with Gasteiger partial charge in [0.05, 0.1) is 5.25 Å². The van der Waals surface area contributed by atoms with Gasteiger partial charge in [-0.05, 0) is 18.9 Å². The molecule has 1 aromatic carbocycles. The second-order valence-electron chi connectivity index (χ2n) is 6.05. The molecule has 2 heterocycles. The summed E-state index contributed by atoms with van der Waals surface area (Å²) in [4.78, 5) is 15.9. The minimum Gasteiger partial charge on any atom is -0.360 e. The van der Waals surface area contributed by atoms with Crippen LogP contribution in [0.25, 0.3) is 10.9 Å². The molecule has 0 amide bonds. The summed E-state index contributed by atoms with van der Waals surface area (Å²) in [6, 6.07) is 7.88. The number of para-hydroxylation sites is 1. The van der Waals surface area contributed by atoms with Crippen LogP contribution in [0.2, 0.25) is 0 Å². The van der Waals surface area contributed by atoms with Crippen molar-refractivity contribution >= 4 is 39.8 Å². The third kappa shape index (κ3) is 3.70. The average Bonchev–Trinajstić information content (AvgIpc) is 3.20. The fourth-order valence-corrected chi connectivity index (χ4v) is 4.78. The molecule has 0 saturated carbocycles. The number of rotatable bonds is 7. The van der Waals surface area contributed by atoms with Crippen molar-refractivity contribution in [2.45, 2.75) is 43.2 Å². The van der Waals surface area contributed by atoms with E-state index in [-0.39, 0.29) is 11.0 Å². The SMILES string of the molecule is CCC(C)Cc1nnc(SC(C)C(=O)c2c[nH]c3ccccc23)s1. The molecule has 3 aromatic rings. The molecule has 2 aromatic heterocycles. The highest BCUT2D eigenvalue weighted by atomic mass is 32.2. The number of nitrogens with one attached hydrogen (secondary N) is 1. The van der Waals surface area contributed by atoms with Crippen molar-refractivity contribution in [2.24, 2.45) is 5.92 Å². The number of ketones is 1. The molecule has 0 fully saturated rings. The topological polar surface area (TPSA) is 58.6 Å². The number of H-pyrrole nitrogens is 1. The minimum absolute atomic E-state index is 0.121. The molecule has 0 bridgehead atoms. The van der Waals surface area contributed by atoms with Gasteiger partial charge in [-0.1, -0.05) is 61.6 Å². The summed E-state index contributed by atoms with van der Waals surface area (Å²) in [6.45, 7) is 6.34. The smallest absolute Gasteiger partial charge is 0.178 e. The predicted molar refractivity (Wildman–Crippen MR) is 101 cm³/mol. The van der Waals surface area contributed by atoms with E-state index in [2.05, 4.69) is 29.0 Å². The first kappa shape index (κ1) is 17.2. The second kappa shape index (κ2) is 7.49. The number of benzene rings is 1. The normalized spacial score (nSPS) is 14.0. The van der Waals surface area contributed by atoms with Crippen molar-refractivity contribution in [3.63, 3.8) is 0 Å². The van der Waals surface area contributed by atoms with Gasteiger partial charge in [0, 0.05) is 29.1 Å². The Morgan fingerprint density at radius 2 is 2.08 bits per heavy atom. The maximum atomic E-state index is 12.8. The molecular weight excluding hydrogens is 338 g/mol. The van der Waals surface area contributed by atoms with Crippen molar-refractivity contribution < 1.29 is 4.79 Å². The molecule has 3 rings (SSSR count). The lowest BCUT2D eigenvalue weighted by molar-refractivity contribution is 0.0995. The van der Waals surface area contributed by atoms with Gasteiger partial charge in [-0.2, -0.15) is 0 Å². The van der Waals surface area contributed by atoms with Gasteiger partial charge in [0.15, 0.2) is 10.1 Å². The Morgan fingerprint density at radius 1 is 1.29 bits per heavy atom. The number of hydrogen-bond donors (Lipinski definition) is 1. The van der Waals surface area contributed by atoms with E-state index < -0.39 is 0 Å². The molecule has 1 N–H and O–H groups in total. The fourth-order valence-electron chi connectivity index (χ4n) is 2.51. The summed E-state index contributed by atoms with van der Waals surface area (Å²) in [5.41, 5.74) is 1.74. The van der Waals surface area contributed by atoms with Gasteiger partial charge in [0.2, 0.25) is 0 Å². The first-order chi connectivity index (χ1) is 11.6. The zero-order valence-electron chi connectivity index (χ0n) is 14.1. The van der Waals surface area contributed by atoms with Crippen molar-refractivity contribution in [2.75, 3.05) is 0 Å². The van der Waals surface area contributed by atoms with Crippen LogP contribution in [0.15, 0.2) is 34.8 Å². The van der Waals surface area contributed by atoms with Gasteiger partial charge in [0.1, 0.15) is 5.01 Å². The standard InChI is InChI=1S/C18H21N3OS2/c1-4-11(2)9-16-20-21-18(24-16)23-12(3)17(22)14-10-19-15-8-6-5-7-13(14)15/h5-8,10-12,19H,4,9H2,1-3H3. The number of carbonyl (C=O) groups is 1. The van der Waals surface area contributed by atoms with Crippen molar-refractivity contribution in [3.05, 3.63) is 41.0 Å². The number of nitrogens with zero attached hydrogens (tertiary/aromatic N) is 2. The number of hydrogen-bond acceptors (Lipinski definition) is 5. The Morgan fingerprint density at radius 3 is 2.88 bits per heavy atom. The van der Waals surface area contributed by atoms with Crippen LogP contribution < -0.4 is 0 Å². The third-order valence-electron chi connectivity index (χ3n) is 4.17. The molecule has 0 saturated heterocycles. The lowest BCUT2D eigenvalue weighted by atomic mass is 10.1. The summed E-state index contributed by atoms with van der Waals surface area (Å²) >= 11 is 3.10. The molecular formula is C18H21N3OS2. The summed E-state index contributed by atoms with van der Waals surface area (Å²) in [6.07, 6.45) is 3.90. The van der Waals surface area contributed by atoms with Crippen LogP contribution in [-0.2, 0) is 6.42 Å². The average molecular weight is 360 g/mol. The second-order valence-corrected chi connectivity index (χ2v) is 8.70. The first-order valence-corrected chi connectivity index (χ1v) is 9.87. The van der Waals surface area contributed by atoms with Crippen molar-refractivity contribution in [1.82, 2.24) is 15.2 Å². The highest BCUT2D eigenvalue weighted by molar-refractivity contribution is 8.02. The summed E-state index contributed by atoms with van der Waals surface area (Å²) in [7, 11) is 0. The molecule has 2 unspecified atom stereocenters. The highest BCUT2D eigenvalue weighted by Gasteiger charge is 2.21. The van der Waals surface area contributed by atoms with E-state index in [0.717, 1.165) is 38.7 Å². The number of aromatic amines is 1. The van der Waals surface area contributed by atoms with E-state index in [4.69, 9.17) is 0 Å². The summed E-state index contributed by atoms with van der Waals surface area (Å²) < 4.78 is 0.869. The zero-order chi connectivity index (χ0) is 17.1. The molecule has 2 atom stereocenters. The molecule has 0 aliphatic heterocycles. The van der Waals surface area contributed by atoms with Gasteiger partial charge in [-0.3, -0.25) is 4.79 Å². The minimum atomic E-state index is -0.186. The number of Topliss-reactive ketones (excluding diaryl/α,β-unsaturated/α-hetero) is 1. The Balaban J connectivity index is 1.70. The number of aromatic nitrogens is 3. The van der Waals surface area contributed by atoms with Gasteiger partial charge in [0.25, 0.3) is 0 Å². The van der Waals surface area contributed by atoms with Gasteiger partial charge >= 0.3 is 0 Å². The Kier molecular flexibility index (Phi) is 5.36. The quantitative estimate of drug-likeness (QED) is 0.478. The van der Waals surface area contributed by atoms with Crippen LogP contribution in [-0.4, -0.2) is 26.2 Å². The summed E-state index contributed by atoms with van der Waals surface area (Å²) in [5, 5.41) is 10.3. The number of fused-ring (bicyclic) bond motifs is 1. The van der Waals surface area contributed by atoms with E-state index in [1.54, 1.807) is 17.5 Å². The van der Waals surface area contributed by atoms with E-state index >= 15 is 0 Å². The van der Waals surface area contributed by atoms with Crippen molar-refractivity contribution in [1.29, 1.82) is 0 Å². The van der Waals surface area contributed by atoms with Gasteiger partial charge in [-0.15, -0.1) is 10.2 Å².